The molecular formula is C14H23N5O4. The summed E-state index contributed by atoms with van der Waals surface area (Å²) in [5.74, 6) is 0.807. The van der Waals surface area contributed by atoms with Crippen molar-refractivity contribution in [3.8, 4) is 0 Å². The van der Waals surface area contributed by atoms with E-state index in [-0.39, 0.29) is 18.6 Å². The Bertz CT molecular complexity index is 491. The molecule has 3 unspecified atom stereocenters. The second-order valence-electron chi connectivity index (χ2n) is 5.67. The van der Waals surface area contributed by atoms with Crippen molar-refractivity contribution >= 4 is 6.03 Å². The molecule has 1 aromatic heterocycles. The van der Waals surface area contributed by atoms with Crippen LogP contribution < -0.4 is 10.6 Å². The van der Waals surface area contributed by atoms with Crippen molar-refractivity contribution in [1.29, 1.82) is 0 Å². The van der Waals surface area contributed by atoms with Crippen LogP contribution in [0.3, 0.4) is 0 Å². The van der Waals surface area contributed by atoms with E-state index in [0.717, 1.165) is 5.82 Å². The first-order valence-corrected chi connectivity index (χ1v) is 7.86. The van der Waals surface area contributed by atoms with E-state index in [0.29, 0.717) is 39.5 Å². The first-order valence-electron chi connectivity index (χ1n) is 7.86. The third-order valence-corrected chi connectivity index (χ3v) is 4.12. The Hall–Kier alpha value is -1.68. The molecule has 0 saturated carbocycles. The maximum absolute atomic E-state index is 12.0. The number of aliphatic hydroxyl groups excluding tert-OH is 1. The molecule has 1 aromatic rings. The third-order valence-electron chi connectivity index (χ3n) is 4.12. The van der Waals surface area contributed by atoms with Crippen LogP contribution in [0.2, 0.25) is 0 Å². The van der Waals surface area contributed by atoms with Gasteiger partial charge in [-0.2, -0.15) is 0 Å². The number of ether oxygens (including phenoxy) is 2. The number of carbonyl (C=O) groups is 1. The van der Waals surface area contributed by atoms with Crippen molar-refractivity contribution < 1.29 is 19.4 Å². The fraction of sp³-hybridized carbons (Fsp3) is 0.714. The zero-order chi connectivity index (χ0) is 16.1. The number of aromatic amines is 1. The molecular weight excluding hydrogens is 302 g/mol. The van der Waals surface area contributed by atoms with Crippen LogP contribution in [0.1, 0.15) is 5.82 Å². The number of urea groups is 1. The maximum atomic E-state index is 12.0. The number of morpholine rings is 1. The number of hydrogen-bond donors (Lipinski definition) is 4. The molecule has 9 heteroatoms. The summed E-state index contributed by atoms with van der Waals surface area (Å²) in [6.07, 6.45) is 2.36. The number of hydrogen-bond acceptors (Lipinski definition) is 6. The molecule has 9 nitrogen and oxygen atoms in total. The van der Waals surface area contributed by atoms with Crippen molar-refractivity contribution in [2.75, 3.05) is 39.5 Å². The average molecular weight is 325 g/mol. The van der Waals surface area contributed by atoms with E-state index in [1.807, 2.05) is 0 Å². The molecule has 3 atom stereocenters. The smallest absolute Gasteiger partial charge is 0.317 e. The Morgan fingerprint density at radius 3 is 3.04 bits per heavy atom. The predicted molar refractivity (Wildman–Crippen MR) is 80.8 cm³/mol. The highest BCUT2D eigenvalue weighted by Crippen LogP contribution is 2.14. The van der Waals surface area contributed by atoms with Gasteiger partial charge in [0.15, 0.2) is 0 Å². The molecule has 2 amide bonds. The van der Waals surface area contributed by atoms with E-state index >= 15 is 0 Å². The van der Waals surface area contributed by atoms with Gasteiger partial charge in [0, 0.05) is 32.0 Å². The van der Waals surface area contributed by atoms with Gasteiger partial charge in [-0.1, -0.05) is 0 Å². The number of aromatic nitrogens is 2. The van der Waals surface area contributed by atoms with Gasteiger partial charge < -0.3 is 35.1 Å². The normalized spacial score (nSPS) is 28.0. The standard InChI is InChI=1S/C14H23N5O4/c20-13-10(17-8-12-15-1-2-16-12)9-23-11(13)7-18-14(21)19-3-5-22-6-4-19/h1-2,10-11,13,17,20H,3-9H2,(H,15,16)(H,18,21). The lowest BCUT2D eigenvalue weighted by molar-refractivity contribution is 0.0360. The molecule has 0 bridgehead atoms. The SMILES string of the molecule is O=C(NCC1OCC(NCc2ncc[nH]2)C1O)N1CCOCC1. The lowest BCUT2D eigenvalue weighted by atomic mass is 10.1. The molecule has 3 rings (SSSR count). The Kier molecular flexibility index (Phi) is 5.44. The summed E-state index contributed by atoms with van der Waals surface area (Å²) in [6, 6.07) is -0.318. The largest absolute Gasteiger partial charge is 0.389 e. The van der Waals surface area contributed by atoms with E-state index < -0.39 is 12.2 Å². The highest BCUT2D eigenvalue weighted by atomic mass is 16.5. The van der Waals surface area contributed by atoms with Crippen LogP contribution in [0.5, 0.6) is 0 Å². The Morgan fingerprint density at radius 1 is 1.48 bits per heavy atom. The molecule has 2 saturated heterocycles. The first kappa shape index (κ1) is 16.2. The zero-order valence-electron chi connectivity index (χ0n) is 12.9. The van der Waals surface area contributed by atoms with E-state index in [4.69, 9.17) is 9.47 Å². The van der Waals surface area contributed by atoms with Gasteiger partial charge in [0.2, 0.25) is 0 Å². The molecule has 2 aliphatic rings. The molecule has 0 spiro atoms. The summed E-state index contributed by atoms with van der Waals surface area (Å²) in [6.45, 7) is 3.53. The van der Waals surface area contributed by atoms with Crippen molar-refractivity contribution in [1.82, 2.24) is 25.5 Å². The molecule has 2 fully saturated rings. The lowest BCUT2D eigenvalue weighted by Crippen LogP contribution is -2.50. The number of carbonyl (C=O) groups excluding carboxylic acids is 1. The lowest BCUT2D eigenvalue weighted by Gasteiger charge is -2.27. The van der Waals surface area contributed by atoms with E-state index in [1.165, 1.54) is 0 Å². The fourth-order valence-corrected chi connectivity index (χ4v) is 2.73. The predicted octanol–water partition coefficient (Wildman–Crippen LogP) is -1.33. The second kappa shape index (κ2) is 7.73. The highest BCUT2D eigenvalue weighted by molar-refractivity contribution is 5.74. The van der Waals surface area contributed by atoms with Gasteiger partial charge in [0.05, 0.1) is 38.5 Å². The summed E-state index contributed by atoms with van der Waals surface area (Å²) in [7, 11) is 0. The number of aliphatic hydroxyl groups is 1. The summed E-state index contributed by atoms with van der Waals surface area (Å²) < 4.78 is 10.8. The van der Waals surface area contributed by atoms with Crippen molar-refractivity contribution in [2.45, 2.75) is 24.8 Å². The number of H-pyrrole nitrogens is 1. The van der Waals surface area contributed by atoms with Crippen LogP contribution >= 0.6 is 0 Å². The molecule has 0 radical (unpaired) electrons. The van der Waals surface area contributed by atoms with Gasteiger partial charge in [-0.15, -0.1) is 0 Å². The van der Waals surface area contributed by atoms with Gasteiger partial charge in [-0.3, -0.25) is 0 Å². The maximum Gasteiger partial charge on any atom is 0.317 e. The van der Waals surface area contributed by atoms with E-state index in [1.54, 1.807) is 17.3 Å². The molecule has 23 heavy (non-hydrogen) atoms. The summed E-state index contributed by atoms with van der Waals surface area (Å²) in [4.78, 5) is 20.8. The average Bonchev–Trinajstić information content (AvgIpc) is 3.22. The minimum absolute atomic E-state index is 0.143. The quantitative estimate of drug-likeness (QED) is 0.534. The number of nitrogens with one attached hydrogen (secondary N) is 3. The number of rotatable bonds is 5. The molecule has 4 N–H and O–H groups in total. The minimum atomic E-state index is -0.671. The van der Waals surface area contributed by atoms with Crippen LogP contribution in [0.15, 0.2) is 12.4 Å². The third kappa shape index (κ3) is 4.20. The zero-order valence-corrected chi connectivity index (χ0v) is 12.9. The van der Waals surface area contributed by atoms with Crippen LogP contribution in [0, 0.1) is 0 Å². The summed E-state index contributed by atoms with van der Waals surface area (Å²) >= 11 is 0. The first-order chi connectivity index (χ1) is 11.2. The van der Waals surface area contributed by atoms with Gasteiger partial charge in [-0.25, -0.2) is 9.78 Å². The molecule has 3 heterocycles. The molecule has 0 aromatic carbocycles. The highest BCUT2D eigenvalue weighted by Gasteiger charge is 2.36. The Balaban J connectivity index is 1.39. The summed E-state index contributed by atoms with van der Waals surface area (Å²) in [5, 5.41) is 16.3. The van der Waals surface area contributed by atoms with Crippen molar-refractivity contribution in [3.05, 3.63) is 18.2 Å². The topological polar surface area (TPSA) is 112 Å². The van der Waals surface area contributed by atoms with Crippen LogP contribution in [-0.2, 0) is 16.0 Å². The number of imidazole rings is 1. The van der Waals surface area contributed by atoms with Crippen LogP contribution in [0.25, 0.3) is 0 Å². The fourth-order valence-electron chi connectivity index (χ4n) is 2.73. The van der Waals surface area contributed by atoms with Crippen LogP contribution in [0.4, 0.5) is 4.79 Å². The molecule has 128 valence electrons. The van der Waals surface area contributed by atoms with Gasteiger partial charge in [0.1, 0.15) is 11.9 Å². The van der Waals surface area contributed by atoms with E-state index in [9.17, 15) is 9.90 Å². The van der Waals surface area contributed by atoms with Crippen molar-refractivity contribution in [2.24, 2.45) is 0 Å². The molecule has 0 aliphatic carbocycles. The Morgan fingerprint density at radius 2 is 2.30 bits per heavy atom. The van der Waals surface area contributed by atoms with Gasteiger partial charge >= 0.3 is 6.03 Å². The van der Waals surface area contributed by atoms with Crippen molar-refractivity contribution in [3.63, 3.8) is 0 Å². The summed E-state index contributed by atoms with van der Waals surface area (Å²) in [5.41, 5.74) is 0. The van der Waals surface area contributed by atoms with E-state index in [2.05, 4.69) is 20.6 Å². The second-order valence-corrected chi connectivity index (χ2v) is 5.67. The Labute approximate surface area is 134 Å². The number of nitrogens with zero attached hydrogens (tertiary/aromatic N) is 2. The number of amides is 2. The van der Waals surface area contributed by atoms with Crippen LogP contribution in [-0.4, -0.2) is 83.7 Å². The monoisotopic (exact) mass is 325 g/mol. The van der Waals surface area contributed by atoms with Gasteiger partial charge in [-0.05, 0) is 0 Å². The molecule has 2 aliphatic heterocycles. The minimum Gasteiger partial charge on any atom is -0.389 e. The van der Waals surface area contributed by atoms with Gasteiger partial charge in [0.25, 0.3) is 0 Å².